The number of amides is 1. The van der Waals surface area contributed by atoms with Crippen LogP contribution in [0.4, 0.5) is 18.9 Å². The lowest BCUT2D eigenvalue weighted by Crippen LogP contribution is -2.21. The minimum atomic E-state index is -4.76. The van der Waals surface area contributed by atoms with Gasteiger partial charge in [-0.25, -0.2) is 0 Å². The number of rotatable bonds is 4. The van der Waals surface area contributed by atoms with Gasteiger partial charge in [-0.05, 0) is 12.1 Å². The maximum absolute atomic E-state index is 12.0. The van der Waals surface area contributed by atoms with Crippen LogP contribution >= 0.6 is 11.6 Å². The smallest absolute Gasteiger partial charge is 0.406 e. The number of nitrogens with one attached hydrogen (secondary N) is 1. The van der Waals surface area contributed by atoms with Gasteiger partial charge < -0.3 is 10.1 Å². The van der Waals surface area contributed by atoms with Crippen LogP contribution in [0, 0.1) is 5.92 Å². The molecule has 0 fully saturated rings. The lowest BCUT2D eigenvalue weighted by atomic mass is 10.2. The summed E-state index contributed by atoms with van der Waals surface area (Å²) >= 11 is 5.50. The maximum atomic E-state index is 12.0. The molecule has 18 heavy (non-hydrogen) atoms. The molecule has 1 atom stereocenters. The molecule has 0 heterocycles. The van der Waals surface area contributed by atoms with E-state index < -0.39 is 12.3 Å². The van der Waals surface area contributed by atoms with Crippen LogP contribution in [0.5, 0.6) is 5.75 Å². The standard InChI is InChI=1S/C11H11ClF3NO2/c1-7(6-12)10(17)16-8-3-2-4-9(5-8)18-11(13,14)15/h2-5,7H,6H2,1H3,(H,16,17). The highest BCUT2D eigenvalue weighted by Gasteiger charge is 2.31. The SMILES string of the molecule is CC(CCl)C(=O)Nc1cccc(OC(F)(F)F)c1. The molecule has 3 nitrogen and oxygen atoms in total. The number of halogens is 4. The highest BCUT2D eigenvalue weighted by atomic mass is 35.5. The van der Waals surface area contributed by atoms with Gasteiger partial charge in [-0.15, -0.1) is 24.8 Å². The second-order valence-corrected chi connectivity index (χ2v) is 3.93. The van der Waals surface area contributed by atoms with Crippen molar-refractivity contribution in [1.29, 1.82) is 0 Å². The second-order valence-electron chi connectivity index (χ2n) is 3.62. The Morgan fingerprint density at radius 1 is 1.50 bits per heavy atom. The molecule has 0 radical (unpaired) electrons. The number of hydrogen-bond acceptors (Lipinski definition) is 2. The first kappa shape index (κ1) is 14.6. The van der Waals surface area contributed by atoms with Gasteiger partial charge in [-0.3, -0.25) is 4.79 Å². The minimum Gasteiger partial charge on any atom is -0.406 e. The van der Waals surface area contributed by atoms with Crippen LogP contribution in [0.3, 0.4) is 0 Å². The molecule has 1 rings (SSSR count). The van der Waals surface area contributed by atoms with Crippen molar-refractivity contribution >= 4 is 23.2 Å². The van der Waals surface area contributed by atoms with Crippen LogP contribution in [0.2, 0.25) is 0 Å². The summed E-state index contributed by atoms with van der Waals surface area (Å²) < 4.78 is 39.7. The molecule has 0 saturated heterocycles. The van der Waals surface area contributed by atoms with E-state index in [0.29, 0.717) is 0 Å². The number of benzene rings is 1. The molecular formula is C11H11ClF3NO2. The van der Waals surface area contributed by atoms with Crippen LogP contribution in [0.15, 0.2) is 24.3 Å². The summed E-state index contributed by atoms with van der Waals surface area (Å²) in [4.78, 5) is 11.5. The van der Waals surface area contributed by atoms with E-state index in [4.69, 9.17) is 11.6 Å². The first-order valence-corrected chi connectivity index (χ1v) is 5.58. The van der Waals surface area contributed by atoms with E-state index in [0.717, 1.165) is 12.1 Å². The van der Waals surface area contributed by atoms with Gasteiger partial charge in [0.2, 0.25) is 5.91 Å². The summed E-state index contributed by atoms with van der Waals surface area (Å²) in [6, 6.07) is 5.05. The van der Waals surface area contributed by atoms with Crippen LogP contribution in [-0.4, -0.2) is 18.1 Å². The fourth-order valence-electron chi connectivity index (χ4n) is 1.11. The lowest BCUT2D eigenvalue weighted by Gasteiger charge is -2.12. The molecule has 1 aromatic rings. The Hall–Kier alpha value is -1.43. The van der Waals surface area contributed by atoms with Crippen LogP contribution in [0.25, 0.3) is 0 Å². The van der Waals surface area contributed by atoms with E-state index in [1.165, 1.54) is 12.1 Å². The summed E-state index contributed by atoms with van der Waals surface area (Å²) in [6.07, 6.45) is -4.76. The van der Waals surface area contributed by atoms with Crippen molar-refractivity contribution in [2.75, 3.05) is 11.2 Å². The number of alkyl halides is 4. The molecule has 0 aliphatic carbocycles. The van der Waals surface area contributed by atoms with Gasteiger partial charge in [-0.2, -0.15) is 0 Å². The molecule has 0 aliphatic rings. The molecule has 1 aromatic carbocycles. The van der Waals surface area contributed by atoms with Crippen molar-refractivity contribution in [1.82, 2.24) is 0 Å². The predicted octanol–water partition coefficient (Wildman–Crippen LogP) is 3.40. The first-order chi connectivity index (χ1) is 8.31. The maximum Gasteiger partial charge on any atom is 0.573 e. The normalized spacial score (nSPS) is 12.9. The highest BCUT2D eigenvalue weighted by Crippen LogP contribution is 2.25. The van der Waals surface area contributed by atoms with Gasteiger partial charge in [0.25, 0.3) is 0 Å². The molecule has 1 unspecified atom stereocenters. The summed E-state index contributed by atoms with van der Waals surface area (Å²) in [5, 5.41) is 2.45. The molecule has 0 saturated carbocycles. The fourth-order valence-corrected chi connectivity index (χ4v) is 1.25. The molecule has 1 amide bonds. The number of anilines is 1. The van der Waals surface area contributed by atoms with Crippen molar-refractivity contribution in [3.63, 3.8) is 0 Å². The van der Waals surface area contributed by atoms with Crippen molar-refractivity contribution in [3.05, 3.63) is 24.3 Å². The Balaban J connectivity index is 2.74. The zero-order chi connectivity index (χ0) is 13.8. The van der Waals surface area contributed by atoms with E-state index in [-0.39, 0.29) is 23.2 Å². The van der Waals surface area contributed by atoms with Crippen LogP contribution < -0.4 is 10.1 Å². The lowest BCUT2D eigenvalue weighted by molar-refractivity contribution is -0.274. The van der Waals surface area contributed by atoms with Crippen molar-refractivity contribution in [2.24, 2.45) is 5.92 Å². The number of carbonyl (C=O) groups is 1. The molecule has 1 N–H and O–H groups in total. The number of ether oxygens (including phenoxy) is 1. The number of hydrogen-bond donors (Lipinski definition) is 1. The second kappa shape index (κ2) is 5.95. The van der Waals surface area contributed by atoms with Crippen molar-refractivity contribution in [3.8, 4) is 5.75 Å². The zero-order valence-corrected chi connectivity index (χ0v) is 10.2. The van der Waals surface area contributed by atoms with Gasteiger partial charge in [-0.1, -0.05) is 13.0 Å². The van der Waals surface area contributed by atoms with E-state index in [1.54, 1.807) is 6.92 Å². The average molecular weight is 282 g/mol. The number of carbonyl (C=O) groups excluding carboxylic acids is 1. The predicted molar refractivity (Wildman–Crippen MR) is 61.6 cm³/mol. The van der Waals surface area contributed by atoms with Gasteiger partial charge in [0.05, 0.1) is 0 Å². The summed E-state index contributed by atoms with van der Waals surface area (Å²) in [6.45, 7) is 1.61. The Kier molecular flexibility index (Phi) is 4.84. The Labute approximate surface area is 107 Å². The van der Waals surface area contributed by atoms with E-state index in [9.17, 15) is 18.0 Å². The molecular weight excluding hydrogens is 271 g/mol. The fraction of sp³-hybridized carbons (Fsp3) is 0.364. The summed E-state index contributed by atoms with van der Waals surface area (Å²) in [5.74, 6) is -1.06. The third-order valence-corrected chi connectivity index (χ3v) is 2.48. The van der Waals surface area contributed by atoms with Crippen LogP contribution in [-0.2, 0) is 4.79 Å². The zero-order valence-electron chi connectivity index (χ0n) is 9.42. The van der Waals surface area contributed by atoms with E-state index in [2.05, 4.69) is 10.1 Å². The van der Waals surface area contributed by atoms with E-state index in [1.807, 2.05) is 0 Å². The minimum absolute atomic E-state index is 0.130. The monoisotopic (exact) mass is 281 g/mol. The largest absolute Gasteiger partial charge is 0.573 e. The quantitative estimate of drug-likeness (QED) is 0.859. The topological polar surface area (TPSA) is 38.3 Å². The van der Waals surface area contributed by atoms with Crippen LogP contribution in [0.1, 0.15) is 6.92 Å². The Morgan fingerprint density at radius 2 is 2.17 bits per heavy atom. The van der Waals surface area contributed by atoms with Gasteiger partial charge >= 0.3 is 6.36 Å². The third kappa shape index (κ3) is 4.83. The average Bonchev–Trinajstić information content (AvgIpc) is 2.26. The molecule has 0 aliphatic heterocycles. The van der Waals surface area contributed by atoms with Gasteiger partial charge in [0.1, 0.15) is 5.75 Å². The molecule has 0 bridgehead atoms. The first-order valence-electron chi connectivity index (χ1n) is 5.04. The molecule has 100 valence electrons. The highest BCUT2D eigenvalue weighted by molar-refractivity contribution is 6.19. The van der Waals surface area contributed by atoms with E-state index >= 15 is 0 Å². The van der Waals surface area contributed by atoms with Crippen molar-refractivity contribution < 1.29 is 22.7 Å². The van der Waals surface area contributed by atoms with Crippen molar-refractivity contribution in [2.45, 2.75) is 13.3 Å². The summed E-state index contributed by atoms with van der Waals surface area (Å²) in [5.41, 5.74) is 0.221. The van der Waals surface area contributed by atoms with Gasteiger partial charge in [0, 0.05) is 23.6 Å². The molecule has 7 heteroatoms. The Morgan fingerprint density at radius 3 is 2.72 bits per heavy atom. The molecule has 0 aromatic heterocycles. The third-order valence-electron chi connectivity index (χ3n) is 2.01. The molecule has 0 spiro atoms. The summed E-state index contributed by atoms with van der Waals surface area (Å²) in [7, 11) is 0. The Bertz CT molecular complexity index is 423. The van der Waals surface area contributed by atoms with Gasteiger partial charge in [0.15, 0.2) is 0 Å².